The van der Waals surface area contributed by atoms with E-state index >= 15 is 0 Å². The van der Waals surface area contributed by atoms with Gasteiger partial charge in [0.05, 0.1) is 22.3 Å². The van der Waals surface area contributed by atoms with Crippen molar-refractivity contribution < 1.29 is 0 Å². The fourth-order valence-corrected chi connectivity index (χ4v) is 1.65. The number of hydrogen-bond donors (Lipinski definition) is 1. The third-order valence-corrected chi connectivity index (χ3v) is 2.55. The molecule has 0 saturated carbocycles. The molecule has 0 saturated heterocycles. The van der Waals surface area contributed by atoms with Crippen LogP contribution in [0.1, 0.15) is 25.3 Å². The minimum Gasteiger partial charge on any atom is -0.370 e. The van der Waals surface area contributed by atoms with Gasteiger partial charge < -0.3 is 5.32 Å². The summed E-state index contributed by atoms with van der Waals surface area (Å²) in [7, 11) is 0. The molecule has 0 aromatic heterocycles. The van der Waals surface area contributed by atoms with Crippen LogP contribution in [0.4, 0.5) is 5.69 Å². The summed E-state index contributed by atoms with van der Waals surface area (Å²) in [4.78, 5) is 0. The Labute approximate surface area is 101 Å². The lowest BCUT2D eigenvalue weighted by molar-refractivity contribution is 0.755. The average Bonchev–Trinajstić information content (AvgIpc) is 2.28. The molecule has 3 heteroatoms. The number of anilines is 1. The summed E-state index contributed by atoms with van der Waals surface area (Å²) in [6.07, 6.45) is 7.27. The van der Waals surface area contributed by atoms with Gasteiger partial charge >= 0.3 is 0 Å². The van der Waals surface area contributed by atoms with Crippen LogP contribution in [0.25, 0.3) is 0 Å². The van der Waals surface area contributed by atoms with E-state index in [0.29, 0.717) is 16.3 Å². The van der Waals surface area contributed by atoms with Gasteiger partial charge in [-0.15, -0.1) is 6.42 Å². The topological polar surface area (TPSA) is 35.8 Å². The van der Waals surface area contributed by atoms with Gasteiger partial charge in [-0.05, 0) is 18.6 Å². The second-order valence-corrected chi connectivity index (χ2v) is 3.83. The largest absolute Gasteiger partial charge is 0.370 e. The second kappa shape index (κ2) is 6.05. The average molecular weight is 233 g/mol. The van der Waals surface area contributed by atoms with Crippen molar-refractivity contribution in [1.82, 2.24) is 0 Å². The van der Waals surface area contributed by atoms with Crippen LogP contribution in [0, 0.1) is 23.7 Å². The fourth-order valence-electron chi connectivity index (χ4n) is 1.43. The first-order chi connectivity index (χ1) is 7.72. The van der Waals surface area contributed by atoms with Crippen molar-refractivity contribution in [2.24, 2.45) is 0 Å². The number of benzene rings is 1. The molecule has 1 aromatic carbocycles. The van der Waals surface area contributed by atoms with Crippen molar-refractivity contribution in [3.8, 4) is 18.4 Å². The maximum absolute atomic E-state index is 8.99. The molecule has 2 nitrogen and oxygen atoms in total. The third-order valence-electron chi connectivity index (χ3n) is 2.23. The van der Waals surface area contributed by atoms with Crippen LogP contribution in [0.2, 0.25) is 5.02 Å². The van der Waals surface area contributed by atoms with Gasteiger partial charge in [0.1, 0.15) is 6.07 Å². The van der Waals surface area contributed by atoms with Gasteiger partial charge in [-0.1, -0.05) is 36.9 Å². The first-order valence-corrected chi connectivity index (χ1v) is 5.52. The lowest BCUT2D eigenvalue weighted by Gasteiger charge is -2.14. The number of halogens is 1. The van der Waals surface area contributed by atoms with Gasteiger partial charge in [0.2, 0.25) is 0 Å². The molecule has 1 N–H and O–H groups in total. The first-order valence-electron chi connectivity index (χ1n) is 5.14. The van der Waals surface area contributed by atoms with E-state index < -0.39 is 0 Å². The highest BCUT2D eigenvalue weighted by molar-refractivity contribution is 6.32. The van der Waals surface area contributed by atoms with Crippen molar-refractivity contribution in [3.63, 3.8) is 0 Å². The number of hydrogen-bond acceptors (Lipinski definition) is 2. The highest BCUT2D eigenvalue weighted by Crippen LogP contribution is 2.24. The quantitative estimate of drug-likeness (QED) is 0.808. The Morgan fingerprint density at radius 3 is 2.88 bits per heavy atom. The molecule has 1 aromatic rings. The van der Waals surface area contributed by atoms with Gasteiger partial charge in [0, 0.05) is 0 Å². The molecule has 0 aliphatic carbocycles. The highest BCUT2D eigenvalue weighted by atomic mass is 35.5. The minimum absolute atomic E-state index is 0.0597. The number of nitriles is 1. The predicted octanol–water partition coefficient (Wildman–Crippen LogP) is 3.43. The van der Waals surface area contributed by atoms with Gasteiger partial charge in [-0.2, -0.15) is 5.26 Å². The van der Waals surface area contributed by atoms with Crippen molar-refractivity contribution in [3.05, 3.63) is 28.8 Å². The molecule has 0 aliphatic rings. The Kier molecular flexibility index (Phi) is 4.70. The van der Waals surface area contributed by atoms with E-state index in [4.69, 9.17) is 23.3 Å². The van der Waals surface area contributed by atoms with E-state index in [2.05, 4.69) is 24.2 Å². The Balaban J connectivity index is 2.93. The van der Waals surface area contributed by atoms with Crippen LogP contribution >= 0.6 is 11.6 Å². The van der Waals surface area contributed by atoms with Crippen LogP contribution < -0.4 is 5.32 Å². The van der Waals surface area contributed by atoms with Crippen LogP contribution in [0.15, 0.2) is 18.2 Å². The zero-order chi connectivity index (χ0) is 12.0. The summed E-state index contributed by atoms with van der Waals surface area (Å²) in [6.45, 7) is 2.06. The van der Waals surface area contributed by atoms with E-state index in [9.17, 15) is 0 Å². The van der Waals surface area contributed by atoms with E-state index in [-0.39, 0.29) is 6.04 Å². The normalized spacial score (nSPS) is 11.2. The van der Waals surface area contributed by atoms with E-state index in [1.54, 1.807) is 12.1 Å². The molecule has 0 fully saturated rings. The van der Waals surface area contributed by atoms with Crippen molar-refractivity contribution in [1.29, 1.82) is 5.26 Å². The molecule has 82 valence electrons. The van der Waals surface area contributed by atoms with Crippen LogP contribution in [0.5, 0.6) is 0 Å². The molecule has 1 rings (SSSR count). The minimum atomic E-state index is -0.0597. The number of nitrogens with zero attached hydrogens (tertiary/aromatic N) is 1. The Morgan fingerprint density at radius 1 is 1.56 bits per heavy atom. The Bertz CT molecular complexity index is 440. The lowest BCUT2D eigenvalue weighted by atomic mass is 10.1. The Hall–Kier alpha value is -1.64. The molecule has 0 aliphatic heterocycles. The summed E-state index contributed by atoms with van der Waals surface area (Å²) in [5.41, 5.74) is 1.15. The molecular weight excluding hydrogens is 220 g/mol. The zero-order valence-electron chi connectivity index (χ0n) is 9.13. The number of rotatable bonds is 4. The second-order valence-electron chi connectivity index (χ2n) is 3.43. The maximum Gasteiger partial charge on any atom is 0.103 e. The van der Waals surface area contributed by atoms with E-state index in [1.165, 1.54) is 0 Å². The number of terminal acetylenes is 1. The molecule has 0 radical (unpaired) electrons. The molecule has 0 spiro atoms. The summed E-state index contributed by atoms with van der Waals surface area (Å²) >= 11 is 5.92. The zero-order valence-corrected chi connectivity index (χ0v) is 9.88. The Morgan fingerprint density at radius 2 is 2.31 bits per heavy atom. The fraction of sp³-hybridized carbons (Fsp3) is 0.308. The van der Waals surface area contributed by atoms with Gasteiger partial charge in [-0.3, -0.25) is 0 Å². The molecule has 16 heavy (non-hydrogen) atoms. The van der Waals surface area contributed by atoms with Crippen molar-refractivity contribution >= 4 is 17.3 Å². The molecular formula is C13H13ClN2. The molecule has 0 heterocycles. The summed E-state index contributed by atoms with van der Waals surface area (Å²) < 4.78 is 0. The smallest absolute Gasteiger partial charge is 0.103 e. The molecule has 1 atom stereocenters. The first kappa shape index (κ1) is 12.4. The standard InChI is InChI=1S/C13H13ClN2/c1-3-6-10(4-2)16-13-8-5-7-12(14)11(13)9-15/h2,5,7-8,10,16H,3,6H2,1H3. The molecule has 0 bridgehead atoms. The molecule has 0 amide bonds. The lowest BCUT2D eigenvalue weighted by Crippen LogP contribution is -2.17. The third kappa shape index (κ3) is 2.92. The van der Waals surface area contributed by atoms with Crippen LogP contribution in [-0.2, 0) is 0 Å². The molecule has 1 unspecified atom stereocenters. The van der Waals surface area contributed by atoms with Crippen LogP contribution in [-0.4, -0.2) is 6.04 Å². The van der Waals surface area contributed by atoms with Crippen molar-refractivity contribution in [2.75, 3.05) is 5.32 Å². The summed E-state index contributed by atoms with van der Waals surface area (Å²) in [5, 5.41) is 12.6. The highest BCUT2D eigenvalue weighted by Gasteiger charge is 2.09. The van der Waals surface area contributed by atoms with E-state index in [0.717, 1.165) is 12.8 Å². The summed E-state index contributed by atoms with van der Waals surface area (Å²) in [6, 6.07) is 7.31. The van der Waals surface area contributed by atoms with Gasteiger partial charge in [0.15, 0.2) is 0 Å². The summed E-state index contributed by atoms with van der Waals surface area (Å²) in [5.74, 6) is 2.66. The monoisotopic (exact) mass is 232 g/mol. The predicted molar refractivity (Wildman–Crippen MR) is 67.3 cm³/mol. The SMILES string of the molecule is C#CC(CCC)Nc1cccc(Cl)c1C#N. The van der Waals surface area contributed by atoms with Crippen LogP contribution in [0.3, 0.4) is 0 Å². The van der Waals surface area contributed by atoms with E-state index in [1.807, 2.05) is 6.07 Å². The number of nitrogens with one attached hydrogen (secondary N) is 1. The van der Waals surface area contributed by atoms with Crippen molar-refractivity contribution in [2.45, 2.75) is 25.8 Å². The maximum atomic E-state index is 8.99. The van der Waals surface area contributed by atoms with Gasteiger partial charge in [0.25, 0.3) is 0 Å². The van der Waals surface area contributed by atoms with Gasteiger partial charge in [-0.25, -0.2) is 0 Å².